The van der Waals surface area contributed by atoms with E-state index in [1.807, 2.05) is 36.4 Å². The van der Waals surface area contributed by atoms with E-state index in [2.05, 4.69) is 5.32 Å². The predicted octanol–water partition coefficient (Wildman–Crippen LogP) is 2.38. The summed E-state index contributed by atoms with van der Waals surface area (Å²) < 4.78 is 28.8. The highest BCUT2D eigenvalue weighted by atomic mass is 35.5. The molecule has 0 saturated carbocycles. The van der Waals surface area contributed by atoms with Gasteiger partial charge < -0.3 is 10.1 Å². The molecule has 0 spiro atoms. The summed E-state index contributed by atoms with van der Waals surface area (Å²) in [6, 6.07) is 15.2. The van der Waals surface area contributed by atoms with Crippen LogP contribution in [0.4, 0.5) is 0 Å². The van der Waals surface area contributed by atoms with E-state index in [0.717, 1.165) is 30.0 Å². The van der Waals surface area contributed by atoms with Gasteiger partial charge in [-0.15, -0.1) is 0 Å². The number of hydrogen-bond donors (Lipinski definition) is 1. The molecule has 2 aromatic carbocycles. The molecule has 2 N–H and O–H groups in total. The van der Waals surface area contributed by atoms with Gasteiger partial charge in [-0.25, -0.2) is 8.42 Å². The van der Waals surface area contributed by atoms with Crippen LogP contribution >= 0.6 is 11.6 Å². The first-order chi connectivity index (χ1) is 11.0. The molecule has 0 unspecified atom stereocenters. The quantitative estimate of drug-likeness (QED) is 0.898. The molecule has 3 rings (SSSR count). The zero-order valence-corrected chi connectivity index (χ0v) is 14.2. The Labute approximate surface area is 141 Å². The minimum absolute atomic E-state index is 0.167. The molecule has 1 saturated heterocycles. The third-order valence-corrected chi connectivity index (χ3v) is 5.95. The van der Waals surface area contributed by atoms with Gasteiger partial charge in [-0.1, -0.05) is 23.7 Å². The van der Waals surface area contributed by atoms with Gasteiger partial charge in [-0.3, -0.25) is 0 Å². The van der Waals surface area contributed by atoms with Gasteiger partial charge in [-0.05, 0) is 36.4 Å². The maximum atomic E-state index is 11.5. The van der Waals surface area contributed by atoms with Crippen LogP contribution < -0.4 is 10.1 Å². The average molecular weight is 353 g/mol. The molecule has 1 atom stereocenters. The predicted molar refractivity (Wildman–Crippen MR) is 90.7 cm³/mol. The Hall–Kier alpha value is -1.56. The molecule has 0 radical (unpaired) electrons. The molecule has 0 aromatic heterocycles. The number of sulfone groups is 1. The van der Waals surface area contributed by atoms with Crippen LogP contribution in [-0.4, -0.2) is 26.0 Å². The molecule has 122 valence electrons. The summed E-state index contributed by atoms with van der Waals surface area (Å²) in [5, 5.41) is 2.78. The first-order valence-electron chi connectivity index (χ1n) is 7.56. The van der Waals surface area contributed by atoms with Crippen LogP contribution in [0.5, 0.6) is 11.5 Å². The molecular weight excluding hydrogens is 334 g/mol. The van der Waals surface area contributed by atoms with Gasteiger partial charge in [0.15, 0.2) is 9.84 Å². The summed E-state index contributed by atoms with van der Waals surface area (Å²) in [7, 11) is -2.82. The van der Waals surface area contributed by atoms with Crippen molar-refractivity contribution in [2.45, 2.75) is 19.0 Å². The van der Waals surface area contributed by atoms with Crippen molar-refractivity contribution in [1.82, 2.24) is 0 Å². The van der Waals surface area contributed by atoms with Gasteiger partial charge in [0, 0.05) is 17.0 Å². The van der Waals surface area contributed by atoms with Crippen molar-refractivity contribution in [3.63, 3.8) is 0 Å². The van der Waals surface area contributed by atoms with Crippen molar-refractivity contribution in [2.75, 3.05) is 11.5 Å². The van der Waals surface area contributed by atoms with E-state index in [0.29, 0.717) is 10.8 Å². The van der Waals surface area contributed by atoms with Gasteiger partial charge >= 0.3 is 0 Å². The lowest BCUT2D eigenvalue weighted by Crippen LogP contribution is -2.89. The van der Waals surface area contributed by atoms with E-state index in [4.69, 9.17) is 16.3 Å². The SMILES string of the molecule is O=S1(=O)CC[C@@H]([NH2+]Cc2cccc(Oc3ccc(Cl)cc3)c2)C1. The maximum absolute atomic E-state index is 11.5. The van der Waals surface area contributed by atoms with E-state index < -0.39 is 9.84 Å². The second kappa shape index (κ2) is 6.91. The van der Waals surface area contributed by atoms with Gasteiger partial charge in [0.2, 0.25) is 0 Å². The lowest BCUT2D eigenvalue weighted by atomic mass is 10.2. The topological polar surface area (TPSA) is 60.0 Å². The highest BCUT2D eigenvalue weighted by Gasteiger charge is 2.30. The highest BCUT2D eigenvalue weighted by Crippen LogP contribution is 2.23. The van der Waals surface area contributed by atoms with Crippen molar-refractivity contribution in [1.29, 1.82) is 0 Å². The van der Waals surface area contributed by atoms with Crippen LogP contribution in [0.2, 0.25) is 5.02 Å². The number of quaternary nitrogens is 1. The summed E-state index contributed by atoms with van der Waals surface area (Å²) in [6.45, 7) is 0.748. The highest BCUT2D eigenvalue weighted by molar-refractivity contribution is 7.91. The Morgan fingerprint density at radius 3 is 2.61 bits per heavy atom. The summed E-state index contributed by atoms with van der Waals surface area (Å²) in [5.41, 5.74) is 1.11. The summed E-state index contributed by atoms with van der Waals surface area (Å²) in [6.07, 6.45) is 0.739. The molecule has 0 bridgehead atoms. The summed E-state index contributed by atoms with van der Waals surface area (Å²) in [5.74, 6) is 2.09. The van der Waals surface area contributed by atoms with Crippen molar-refractivity contribution in [2.24, 2.45) is 0 Å². The second-order valence-electron chi connectivity index (χ2n) is 5.81. The Bertz CT molecular complexity index is 775. The fraction of sp³-hybridized carbons (Fsp3) is 0.294. The van der Waals surface area contributed by atoms with Crippen LogP contribution in [0, 0.1) is 0 Å². The lowest BCUT2D eigenvalue weighted by molar-refractivity contribution is -0.699. The third-order valence-electron chi connectivity index (χ3n) is 3.90. The standard InChI is InChI=1S/C17H18ClNO3S/c18-14-4-6-16(7-5-14)22-17-3-1-2-13(10-17)11-19-15-8-9-23(20,21)12-15/h1-7,10,15,19H,8-9,11-12H2/p+1/t15-/m1/s1. The zero-order chi connectivity index (χ0) is 16.3. The molecular formula is C17H19ClNO3S+. The van der Waals surface area contributed by atoms with Crippen LogP contribution in [0.1, 0.15) is 12.0 Å². The number of halogens is 1. The molecule has 1 fully saturated rings. The number of nitrogens with two attached hydrogens (primary N) is 1. The molecule has 0 aliphatic carbocycles. The number of ether oxygens (including phenoxy) is 1. The maximum Gasteiger partial charge on any atom is 0.156 e. The summed E-state index contributed by atoms with van der Waals surface area (Å²) in [4.78, 5) is 0. The molecule has 1 aliphatic rings. The van der Waals surface area contributed by atoms with E-state index in [-0.39, 0.29) is 11.8 Å². The van der Waals surface area contributed by atoms with Gasteiger partial charge in [0.1, 0.15) is 29.8 Å². The first kappa shape index (κ1) is 16.3. The normalized spacial score (nSPS) is 19.6. The molecule has 2 aromatic rings. The lowest BCUT2D eigenvalue weighted by Gasteiger charge is -2.09. The number of rotatable bonds is 5. The first-order valence-corrected chi connectivity index (χ1v) is 9.76. The van der Waals surface area contributed by atoms with Crippen molar-refractivity contribution < 1.29 is 18.5 Å². The van der Waals surface area contributed by atoms with Gasteiger partial charge in [0.05, 0.1) is 5.75 Å². The van der Waals surface area contributed by atoms with Gasteiger partial charge in [-0.2, -0.15) is 0 Å². The molecule has 1 heterocycles. The second-order valence-corrected chi connectivity index (χ2v) is 8.47. The summed E-state index contributed by atoms with van der Waals surface area (Å²) >= 11 is 5.86. The molecule has 1 aliphatic heterocycles. The molecule has 4 nitrogen and oxygen atoms in total. The number of benzene rings is 2. The van der Waals surface area contributed by atoms with Crippen molar-refractivity contribution >= 4 is 21.4 Å². The zero-order valence-electron chi connectivity index (χ0n) is 12.6. The van der Waals surface area contributed by atoms with Crippen LogP contribution in [0.15, 0.2) is 48.5 Å². The van der Waals surface area contributed by atoms with E-state index in [1.54, 1.807) is 12.1 Å². The fourth-order valence-corrected chi connectivity index (χ4v) is 4.60. The monoisotopic (exact) mass is 352 g/mol. The Kier molecular flexibility index (Phi) is 4.90. The van der Waals surface area contributed by atoms with Crippen molar-refractivity contribution in [3.8, 4) is 11.5 Å². The molecule has 23 heavy (non-hydrogen) atoms. The average Bonchev–Trinajstić information content (AvgIpc) is 2.87. The largest absolute Gasteiger partial charge is 0.457 e. The third kappa shape index (κ3) is 4.70. The van der Waals surface area contributed by atoms with Crippen LogP contribution in [-0.2, 0) is 16.4 Å². The van der Waals surface area contributed by atoms with E-state index in [1.165, 1.54) is 0 Å². The van der Waals surface area contributed by atoms with Crippen LogP contribution in [0.25, 0.3) is 0 Å². The van der Waals surface area contributed by atoms with E-state index >= 15 is 0 Å². The Morgan fingerprint density at radius 2 is 1.91 bits per heavy atom. The Morgan fingerprint density at radius 1 is 1.13 bits per heavy atom. The fourth-order valence-electron chi connectivity index (χ4n) is 2.69. The molecule has 6 heteroatoms. The molecule has 0 amide bonds. The van der Waals surface area contributed by atoms with E-state index in [9.17, 15) is 8.42 Å². The smallest absolute Gasteiger partial charge is 0.156 e. The van der Waals surface area contributed by atoms with Crippen molar-refractivity contribution in [3.05, 3.63) is 59.1 Å². The van der Waals surface area contributed by atoms with Gasteiger partial charge in [0.25, 0.3) is 0 Å². The Balaban J connectivity index is 1.60. The minimum Gasteiger partial charge on any atom is -0.457 e. The number of hydrogen-bond acceptors (Lipinski definition) is 3. The van der Waals surface area contributed by atoms with Crippen LogP contribution in [0.3, 0.4) is 0 Å². The minimum atomic E-state index is -2.82.